The highest BCUT2D eigenvalue weighted by atomic mass is 16.4. The summed E-state index contributed by atoms with van der Waals surface area (Å²) in [5, 5.41) is 21.4. The van der Waals surface area contributed by atoms with Gasteiger partial charge in [-0.05, 0) is 74.4 Å². The summed E-state index contributed by atoms with van der Waals surface area (Å²) in [5.74, 6) is -1.45. The maximum atomic E-state index is 12.5. The SMILES string of the molecule is Cc1cc(C(=O)O)ccc1-n1c(C)cc(/C=C(/C#N)C(=O)Nc2ccccc2)c1C. The summed E-state index contributed by atoms with van der Waals surface area (Å²) in [6, 6.07) is 17.8. The molecule has 3 rings (SSSR count). The van der Waals surface area contributed by atoms with Gasteiger partial charge in [-0.1, -0.05) is 18.2 Å². The molecule has 3 aromatic rings. The first-order valence-corrected chi connectivity index (χ1v) is 9.33. The molecule has 2 N–H and O–H groups in total. The Morgan fingerprint density at radius 2 is 1.77 bits per heavy atom. The van der Waals surface area contributed by atoms with E-state index in [1.807, 2.05) is 43.5 Å². The largest absolute Gasteiger partial charge is 0.478 e. The Balaban J connectivity index is 1.97. The zero-order valence-electron chi connectivity index (χ0n) is 16.9. The van der Waals surface area contributed by atoms with Crippen LogP contribution in [0.3, 0.4) is 0 Å². The normalized spacial score (nSPS) is 11.1. The smallest absolute Gasteiger partial charge is 0.335 e. The minimum atomic E-state index is -0.975. The summed E-state index contributed by atoms with van der Waals surface area (Å²) < 4.78 is 1.98. The van der Waals surface area contributed by atoms with Crippen LogP contribution in [0.2, 0.25) is 0 Å². The number of para-hydroxylation sites is 1. The van der Waals surface area contributed by atoms with Crippen LogP contribution in [0, 0.1) is 32.1 Å². The molecule has 0 aliphatic rings. The maximum absolute atomic E-state index is 12.5. The molecule has 0 aliphatic heterocycles. The van der Waals surface area contributed by atoms with Crippen molar-refractivity contribution in [2.75, 3.05) is 5.32 Å². The van der Waals surface area contributed by atoms with Gasteiger partial charge in [-0.15, -0.1) is 0 Å². The van der Waals surface area contributed by atoms with Crippen molar-refractivity contribution in [3.8, 4) is 11.8 Å². The van der Waals surface area contributed by atoms with Crippen molar-refractivity contribution in [1.29, 1.82) is 5.26 Å². The zero-order chi connectivity index (χ0) is 21.8. The van der Waals surface area contributed by atoms with E-state index in [2.05, 4.69) is 5.32 Å². The first-order valence-electron chi connectivity index (χ1n) is 9.33. The number of carbonyl (C=O) groups excluding carboxylic acids is 1. The molecule has 0 bridgehead atoms. The fourth-order valence-electron chi connectivity index (χ4n) is 3.37. The van der Waals surface area contributed by atoms with Crippen LogP contribution in [-0.4, -0.2) is 21.6 Å². The first kappa shape index (κ1) is 20.6. The van der Waals surface area contributed by atoms with Gasteiger partial charge < -0.3 is 15.0 Å². The number of hydrogen-bond donors (Lipinski definition) is 2. The maximum Gasteiger partial charge on any atom is 0.335 e. The number of anilines is 1. The number of nitrogens with one attached hydrogen (secondary N) is 1. The van der Waals surface area contributed by atoms with Crippen LogP contribution in [-0.2, 0) is 4.79 Å². The van der Waals surface area contributed by atoms with Gasteiger partial charge in [-0.2, -0.15) is 5.26 Å². The van der Waals surface area contributed by atoms with E-state index in [1.54, 1.807) is 48.5 Å². The summed E-state index contributed by atoms with van der Waals surface area (Å²) in [5.41, 5.74) is 5.00. The molecule has 0 aliphatic carbocycles. The quantitative estimate of drug-likeness (QED) is 0.482. The van der Waals surface area contributed by atoms with Crippen molar-refractivity contribution >= 4 is 23.6 Å². The monoisotopic (exact) mass is 399 g/mol. The summed E-state index contributed by atoms with van der Waals surface area (Å²) in [6.45, 7) is 5.67. The molecule has 0 radical (unpaired) electrons. The number of aromatic nitrogens is 1. The third kappa shape index (κ3) is 4.15. The number of amides is 1. The molecule has 2 aromatic carbocycles. The number of hydrogen-bond acceptors (Lipinski definition) is 3. The van der Waals surface area contributed by atoms with E-state index in [-0.39, 0.29) is 11.1 Å². The zero-order valence-corrected chi connectivity index (χ0v) is 16.9. The molecule has 150 valence electrons. The molecule has 1 heterocycles. The van der Waals surface area contributed by atoms with Crippen molar-refractivity contribution in [2.45, 2.75) is 20.8 Å². The number of rotatable bonds is 5. The van der Waals surface area contributed by atoms with Gasteiger partial charge in [0.2, 0.25) is 0 Å². The molecule has 1 amide bonds. The number of carboxylic acid groups (broad SMARTS) is 1. The van der Waals surface area contributed by atoms with E-state index in [0.29, 0.717) is 5.69 Å². The number of benzene rings is 2. The lowest BCUT2D eigenvalue weighted by molar-refractivity contribution is -0.112. The van der Waals surface area contributed by atoms with E-state index in [1.165, 1.54) is 0 Å². The third-order valence-corrected chi connectivity index (χ3v) is 4.85. The molecule has 0 spiro atoms. The van der Waals surface area contributed by atoms with Gasteiger partial charge in [-0.25, -0.2) is 4.79 Å². The van der Waals surface area contributed by atoms with Crippen LogP contribution in [0.15, 0.2) is 60.2 Å². The van der Waals surface area contributed by atoms with Gasteiger partial charge in [0.05, 0.1) is 5.56 Å². The average molecular weight is 399 g/mol. The van der Waals surface area contributed by atoms with Gasteiger partial charge in [-0.3, -0.25) is 4.79 Å². The van der Waals surface area contributed by atoms with Crippen molar-refractivity contribution in [2.24, 2.45) is 0 Å². The van der Waals surface area contributed by atoms with Gasteiger partial charge in [0.1, 0.15) is 11.6 Å². The Morgan fingerprint density at radius 1 is 1.07 bits per heavy atom. The van der Waals surface area contributed by atoms with Crippen LogP contribution < -0.4 is 5.32 Å². The Kier molecular flexibility index (Phi) is 5.84. The minimum absolute atomic E-state index is 0.00273. The number of aromatic carboxylic acids is 1. The molecule has 0 saturated heterocycles. The van der Waals surface area contributed by atoms with Crippen molar-refractivity contribution in [3.63, 3.8) is 0 Å². The van der Waals surface area contributed by atoms with Crippen LogP contribution in [0.5, 0.6) is 0 Å². The van der Waals surface area contributed by atoms with E-state index < -0.39 is 11.9 Å². The molecule has 30 heavy (non-hydrogen) atoms. The fourth-order valence-corrected chi connectivity index (χ4v) is 3.37. The topological polar surface area (TPSA) is 95.1 Å². The second-order valence-electron chi connectivity index (χ2n) is 6.96. The summed E-state index contributed by atoms with van der Waals surface area (Å²) in [6.07, 6.45) is 1.57. The summed E-state index contributed by atoms with van der Waals surface area (Å²) in [7, 11) is 0. The molecular weight excluding hydrogens is 378 g/mol. The number of carboxylic acids is 1. The molecule has 6 heteroatoms. The van der Waals surface area contributed by atoms with E-state index in [4.69, 9.17) is 0 Å². The van der Waals surface area contributed by atoms with Crippen molar-refractivity contribution in [3.05, 3.63) is 88.2 Å². The van der Waals surface area contributed by atoms with Gasteiger partial charge in [0.25, 0.3) is 5.91 Å². The lowest BCUT2D eigenvalue weighted by Gasteiger charge is -2.13. The lowest BCUT2D eigenvalue weighted by Crippen LogP contribution is -2.13. The van der Waals surface area contributed by atoms with E-state index in [9.17, 15) is 20.0 Å². The molecule has 1 aromatic heterocycles. The third-order valence-electron chi connectivity index (χ3n) is 4.85. The predicted octanol–water partition coefficient (Wildman–Crippen LogP) is 4.65. The Hall–Kier alpha value is -4.11. The Morgan fingerprint density at radius 3 is 2.37 bits per heavy atom. The average Bonchev–Trinajstić information content (AvgIpc) is 2.99. The van der Waals surface area contributed by atoms with Crippen LogP contribution in [0.1, 0.15) is 32.9 Å². The van der Waals surface area contributed by atoms with E-state index in [0.717, 1.165) is 28.2 Å². The van der Waals surface area contributed by atoms with Gasteiger partial charge >= 0.3 is 5.97 Å². The second-order valence-corrected chi connectivity index (χ2v) is 6.96. The molecule has 0 unspecified atom stereocenters. The van der Waals surface area contributed by atoms with E-state index >= 15 is 0 Å². The Labute approximate surface area is 174 Å². The second kappa shape index (κ2) is 8.50. The van der Waals surface area contributed by atoms with Crippen molar-refractivity contribution in [1.82, 2.24) is 4.57 Å². The number of nitrogens with zero attached hydrogens (tertiary/aromatic N) is 2. The molecule has 0 fully saturated rings. The number of carbonyl (C=O) groups is 2. The highest BCUT2D eigenvalue weighted by molar-refractivity contribution is 6.09. The molecule has 0 saturated carbocycles. The van der Waals surface area contributed by atoms with Crippen LogP contribution in [0.25, 0.3) is 11.8 Å². The van der Waals surface area contributed by atoms with Crippen LogP contribution in [0.4, 0.5) is 5.69 Å². The molecule has 6 nitrogen and oxygen atoms in total. The minimum Gasteiger partial charge on any atom is -0.478 e. The Bertz CT molecular complexity index is 1200. The lowest BCUT2D eigenvalue weighted by atomic mass is 10.1. The number of nitriles is 1. The van der Waals surface area contributed by atoms with Gasteiger partial charge in [0, 0.05) is 22.8 Å². The van der Waals surface area contributed by atoms with Crippen LogP contribution >= 0.6 is 0 Å². The first-order chi connectivity index (χ1) is 14.3. The summed E-state index contributed by atoms with van der Waals surface area (Å²) in [4.78, 5) is 23.7. The predicted molar refractivity (Wildman–Crippen MR) is 116 cm³/mol. The highest BCUT2D eigenvalue weighted by Crippen LogP contribution is 2.26. The van der Waals surface area contributed by atoms with Crippen molar-refractivity contribution < 1.29 is 14.7 Å². The molecular formula is C24H21N3O3. The highest BCUT2D eigenvalue weighted by Gasteiger charge is 2.15. The molecule has 0 atom stereocenters. The number of aryl methyl sites for hydroxylation is 2. The fraction of sp³-hybridized carbons (Fsp3) is 0.125. The van der Waals surface area contributed by atoms with Gasteiger partial charge in [0.15, 0.2) is 0 Å². The standard InChI is InChI=1S/C24H21N3O3/c1-15-11-18(24(29)30)9-10-22(15)27-16(2)12-19(17(27)3)13-20(14-25)23(28)26-21-7-5-4-6-8-21/h4-13H,1-3H3,(H,26,28)(H,29,30)/b20-13-. The summed E-state index contributed by atoms with van der Waals surface area (Å²) >= 11 is 0.